The summed E-state index contributed by atoms with van der Waals surface area (Å²) in [5.74, 6) is 0.573. The summed E-state index contributed by atoms with van der Waals surface area (Å²) in [6.07, 6.45) is 4.76. The summed E-state index contributed by atoms with van der Waals surface area (Å²) < 4.78 is 1.91. The Kier molecular flexibility index (Phi) is 3.62. The van der Waals surface area contributed by atoms with Gasteiger partial charge in [-0.2, -0.15) is 5.10 Å². The first-order chi connectivity index (χ1) is 9.63. The lowest BCUT2D eigenvalue weighted by Crippen LogP contribution is -2.15. The van der Waals surface area contributed by atoms with Gasteiger partial charge in [0.15, 0.2) is 0 Å². The maximum Gasteiger partial charge on any atom is 0.0967 e. The van der Waals surface area contributed by atoms with Gasteiger partial charge in [-0.25, -0.2) is 0 Å². The van der Waals surface area contributed by atoms with Crippen LogP contribution in [0.5, 0.6) is 0 Å². The fourth-order valence-corrected chi connectivity index (χ4v) is 2.48. The molecule has 3 heteroatoms. The standard InChI is InChI=1S/C17H23N3/c1-12(2)13-4-6-14(7-5-13)17-15(11-20(3)19-17)10-18-16-8-9-16/h4-7,11-12,16,18H,8-10H2,1-3H3. The van der Waals surface area contributed by atoms with Gasteiger partial charge in [-0.05, 0) is 24.3 Å². The smallest absolute Gasteiger partial charge is 0.0967 e. The van der Waals surface area contributed by atoms with Crippen LogP contribution in [0, 0.1) is 0 Å². The molecule has 1 saturated carbocycles. The van der Waals surface area contributed by atoms with E-state index >= 15 is 0 Å². The Morgan fingerprint density at radius 2 is 1.95 bits per heavy atom. The summed E-state index contributed by atoms with van der Waals surface area (Å²) in [5.41, 5.74) is 4.98. The van der Waals surface area contributed by atoms with Crippen molar-refractivity contribution in [3.63, 3.8) is 0 Å². The van der Waals surface area contributed by atoms with Gasteiger partial charge < -0.3 is 5.32 Å². The highest BCUT2D eigenvalue weighted by Crippen LogP contribution is 2.26. The van der Waals surface area contributed by atoms with Crippen molar-refractivity contribution < 1.29 is 0 Å². The largest absolute Gasteiger partial charge is 0.310 e. The van der Waals surface area contributed by atoms with Gasteiger partial charge in [-0.15, -0.1) is 0 Å². The molecule has 106 valence electrons. The molecule has 1 aliphatic rings. The predicted octanol–water partition coefficient (Wildman–Crippen LogP) is 3.46. The minimum absolute atomic E-state index is 0.573. The van der Waals surface area contributed by atoms with E-state index in [2.05, 4.69) is 54.7 Å². The number of nitrogens with zero attached hydrogens (tertiary/aromatic N) is 2. The van der Waals surface area contributed by atoms with Crippen LogP contribution in [0.4, 0.5) is 0 Å². The first kappa shape index (κ1) is 13.4. The second-order valence-electron chi connectivity index (χ2n) is 6.11. The maximum atomic E-state index is 4.63. The van der Waals surface area contributed by atoms with E-state index < -0.39 is 0 Å². The third kappa shape index (κ3) is 2.93. The summed E-state index contributed by atoms with van der Waals surface area (Å²) in [6.45, 7) is 5.36. The molecule has 3 rings (SSSR count). The van der Waals surface area contributed by atoms with E-state index in [-0.39, 0.29) is 0 Å². The lowest BCUT2D eigenvalue weighted by atomic mass is 10.00. The van der Waals surface area contributed by atoms with Crippen LogP contribution in [0.1, 0.15) is 43.7 Å². The zero-order valence-corrected chi connectivity index (χ0v) is 12.6. The molecule has 0 radical (unpaired) electrons. The first-order valence-corrected chi connectivity index (χ1v) is 7.49. The minimum atomic E-state index is 0.573. The lowest BCUT2D eigenvalue weighted by molar-refractivity contribution is 0.687. The van der Waals surface area contributed by atoms with E-state index in [0.29, 0.717) is 5.92 Å². The van der Waals surface area contributed by atoms with E-state index in [1.54, 1.807) is 0 Å². The Balaban J connectivity index is 1.83. The first-order valence-electron chi connectivity index (χ1n) is 7.49. The molecule has 0 spiro atoms. The molecule has 0 atom stereocenters. The maximum absolute atomic E-state index is 4.63. The molecule has 1 aromatic heterocycles. The molecular formula is C17H23N3. The van der Waals surface area contributed by atoms with Crippen LogP contribution in [0.15, 0.2) is 30.5 Å². The third-order valence-corrected chi connectivity index (χ3v) is 3.91. The zero-order chi connectivity index (χ0) is 14.1. The van der Waals surface area contributed by atoms with Crippen molar-refractivity contribution in [2.75, 3.05) is 0 Å². The number of nitrogens with one attached hydrogen (secondary N) is 1. The van der Waals surface area contributed by atoms with E-state index in [1.165, 1.54) is 29.5 Å². The summed E-state index contributed by atoms with van der Waals surface area (Å²) in [5, 5.41) is 8.20. The van der Waals surface area contributed by atoms with Gasteiger partial charge in [0, 0.05) is 37.0 Å². The van der Waals surface area contributed by atoms with Gasteiger partial charge in [-0.1, -0.05) is 38.1 Å². The topological polar surface area (TPSA) is 29.9 Å². The highest BCUT2D eigenvalue weighted by atomic mass is 15.3. The van der Waals surface area contributed by atoms with E-state index in [1.807, 2.05) is 11.7 Å². The SMILES string of the molecule is CC(C)c1ccc(-c2nn(C)cc2CNC2CC2)cc1. The molecule has 3 nitrogen and oxygen atoms in total. The molecular weight excluding hydrogens is 246 g/mol. The van der Waals surface area contributed by atoms with Gasteiger partial charge in [0.1, 0.15) is 0 Å². The third-order valence-electron chi connectivity index (χ3n) is 3.91. The number of hydrogen-bond acceptors (Lipinski definition) is 2. The van der Waals surface area contributed by atoms with E-state index in [0.717, 1.165) is 18.3 Å². The van der Waals surface area contributed by atoms with E-state index in [4.69, 9.17) is 0 Å². The molecule has 1 heterocycles. The number of rotatable bonds is 5. The van der Waals surface area contributed by atoms with Crippen LogP contribution in [-0.2, 0) is 13.6 Å². The van der Waals surface area contributed by atoms with Gasteiger partial charge in [-0.3, -0.25) is 4.68 Å². The van der Waals surface area contributed by atoms with Crippen LogP contribution in [-0.4, -0.2) is 15.8 Å². The highest BCUT2D eigenvalue weighted by molar-refractivity contribution is 5.63. The average molecular weight is 269 g/mol. The summed E-state index contributed by atoms with van der Waals surface area (Å²) in [7, 11) is 1.99. The number of aromatic nitrogens is 2. The van der Waals surface area contributed by atoms with Crippen molar-refractivity contribution >= 4 is 0 Å². The Labute approximate surface area is 121 Å². The molecule has 2 aromatic rings. The Morgan fingerprint density at radius 1 is 1.25 bits per heavy atom. The molecule has 0 amide bonds. The Morgan fingerprint density at radius 3 is 2.55 bits per heavy atom. The molecule has 0 saturated heterocycles. The van der Waals surface area contributed by atoms with Gasteiger partial charge in [0.25, 0.3) is 0 Å². The quantitative estimate of drug-likeness (QED) is 0.901. The lowest BCUT2D eigenvalue weighted by Gasteiger charge is -2.07. The number of aryl methyl sites for hydroxylation is 1. The molecule has 0 bridgehead atoms. The van der Waals surface area contributed by atoms with Crippen LogP contribution in [0.2, 0.25) is 0 Å². The minimum Gasteiger partial charge on any atom is -0.310 e. The monoisotopic (exact) mass is 269 g/mol. The van der Waals surface area contributed by atoms with Crippen molar-refractivity contribution in [2.24, 2.45) is 7.05 Å². The van der Waals surface area contributed by atoms with Crippen LogP contribution >= 0.6 is 0 Å². The van der Waals surface area contributed by atoms with Gasteiger partial charge in [0.2, 0.25) is 0 Å². The van der Waals surface area contributed by atoms with Crippen molar-refractivity contribution in [1.82, 2.24) is 15.1 Å². The van der Waals surface area contributed by atoms with Crippen molar-refractivity contribution in [3.05, 3.63) is 41.6 Å². The zero-order valence-electron chi connectivity index (χ0n) is 12.6. The normalized spacial score (nSPS) is 15.0. The van der Waals surface area contributed by atoms with Crippen molar-refractivity contribution in [1.29, 1.82) is 0 Å². The predicted molar refractivity (Wildman–Crippen MR) is 82.6 cm³/mol. The highest BCUT2D eigenvalue weighted by Gasteiger charge is 2.21. The Hall–Kier alpha value is -1.61. The van der Waals surface area contributed by atoms with Crippen LogP contribution in [0.25, 0.3) is 11.3 Å². The molecule has 1 aromatic carbocycles. The van der Waals surface area contributed by atoms with Gasteiger partial charge in [0.05, 0.1) is 5.69 Å². The van der Waals surface area contributed by atoms with Gasteiger partial charge >= 0.3 is 0 Å². The molecule has 1 fully saturated rings. The van der Waals surface area contributed by atoms with Crippen molar-refractivity contribution in [2.45, 2.75) is 45.2 Å². The van der Waals surface area contributed by atoms with Crippen LogP contribution in [0.3, 0.4) is 0 Å². The molecule has 1 N–H and O–H groups in total. The molecule has 0 aliphatic heterocycles. The molecule has 1 aliphatic carbocycles. The number of hydrogen-bond donors (Lipinski definition) is 1. The van der Waals surface area contributed by atoms with E-state index in [9.17, 15) is 0 Å². The average Bonchev–Trinajstić information content (AvgIpc) is 3.19. The number of benzene rings is 1. The molecule has 20 heavy (non-hydrogen) atoms. The second kappa shape index (κ2) is 5.41. The Bertz CT molecular complexity index is 577. The fraction of sp³-hybridized carbons (Fsp3) is 0.471. The van der Waals surface area contributed by atoms with Crippen LogP contribution < -0.4 is 5.32 Å². The fourth-order valence-electron chi connectivity index (χ4n) is 2.48. The second-order valence-corrected chi connectivity index (χ2v) is 6.11. The summed E-state index contributed by atoms with van der Waals surface area (Å²) in [4.78, 5) is 0. The summed E-state index contributed by atoms with van der Waals surface area (Å²) in [6, 6.07) is 9.54. The molecule has 0 unspecified atom stereocenters. The summed E-state index contributed by atoms with van der Waals surface area (Å²) >= 11 is 0. The van der Waals surface area contributed by atoms with Crippen molar-refractivity contribution in [3.8, 4) is 11.3 Å².